The molecule has 0 aromatic heterocycles. The summed E-state index contributed by atoms with van der Waals surface area (Å²) in [5, 5.41) is 4.42. The Hall–Kier alpha value is -0.0600. The highest BCUT2D eigenvalue weighted by Gasteiger charge is 2.17. The van der Waals surface area contributed by atoms with Crippen molar-refractivity contribution in [3.05, 3.63) is 34.1 Å². The number of hydrogen-bond acceptors (Lipinski definition) is 2. The molecule has 0 bridgehead atoms. The fourth-order valence-corrected chi connectivity index (χ4v) is 4.83. The van der Waals surface area contributed by atoms with E-state index >= 15 is 0 Å². The summed E-state index contributed by atoms with van der Waals surface area (Å²) in [4.78, 5) is 0. The summed E-state index contributed by atoms with van der Waals surface area (Å²) in [5.74, 6) is 0.963. The lowest BCUT2D eigenvalue weighted by molar-refractivity contribution is 0.513. The summed E-state index contributed by atoms with van der Waals surface area (Å²) in [6, 6.07) is 5.47. The van der Waals surface area contributed by atoms with Gasteiger partial charge in [-0.1, -0.05) is 48.2 Å². The lowest BCUT2D eigenvalue weighted by Gasteiger charge is -2.24. The van der Waals surface area contributed by atoms with Crippen molar-refractivity contribution in [3.63, 3.8) is 0 Å². The van der Waals surface area contributed by atoms with E-state index in [9.17, 15) is 4.39 Å². The molecule has 1 saturated carbocycles. The van der Waals surface area contributed by atoms with E-state index in [1.54, 1.807) is 12.1 Å². The fourth-order valence-electron chi connectivity index (χ4n) is 2.92. The van der Waals surface area contributed by atoms with Gasteiger partial charge in [0.25, 0.3) is 0 Å². The zero-order valence-corrected chi connectivity index (χ0v) is 15.1. The SMILES string of the molecule is CCNC(CSC1CCCCC1)Cc1ccc(F)cc1Br. The largest absolute Gasteiger partial charge is 0.313 e. The Labute approximate surface area is 140 Å². The molecule has 118 valence electrons. The van der Waals surface area contributed by atoms with Gasteiger partial charge in [-0.2, -0.15) is 11.8 Å². The second-order valence-corrected chi connectivity index (χ2v) is 7.98. The molecule has 4 heteroatoms. The summed E-state index contributed by atoms with van der Waals surface area (Å²) >= 11 is 5.60. The molecule has 1 aliphatic carbocycles. The molecule has 1 aromatic rings. The summed E-state index contributed by atoms with van der Waals surface area (Å²) in [7, 11) is 0. The molecule has 1 nitrogen and oxygen atoms in total. The molecule has 0 heterocycles. The number of benzene rings is 1. The van der Waals surface area contributed by atoms with Gasteiger partial charge in [0.2, 0.25) is 0 Å². The van der Waals surface area contributed by atoms with Crippen LogP contribution < -0.4 is 5.32 Å². The molecular weight excluding hydrogens is 349 g/mol. The Bertz CT molecular complexity index is 435. The predicted octanol–water partition coefficient (Wildman–Crippen LogP) is 5.17. The number of thioether (sulfide) groups is 1. The predicted molar refractivity (Wildman–Crippen MR) is 94.6 cm³/mol. The average Bonchev–Trinajstić information content (AvgIpc) is 2.49. The zero-order chi connectivity index (χ0) is 15.1. The van der Waals surface area contributed by atoms with Crippen LogP contribution in [0.15, 0.2) is 22.7 Å². The van der Waals surface area contributed by atoms with Crippen LogP contribution >= 0.6 is 27.7 Å². The number of hydrogen-bond donors (Lipinski definition) is 1. The first kappa shape index (κ1) is 17.3. The first-order chi connectivity index (χ1) is 10.2. The smallest absolute Gasteiger partial charge is 0.124 e. The number of nitrogens with one attached hydrogen (secondary N) is 1. The maximum Gasteiger partial charge on any atom is 0.124 e. The summed E-state index contributed by atoms with van der Waals surface area (Å²) < 4.78 is 14.1. The number of rotatable bonds is 7. The maximum atomic E-state index is 13.2. The van der Waals surface area contributed by atoms with Gasteiger partial charge in [-0.25, -0.2) is 4.39 Å². The van der Waals surface area contributed by atoms with Crippen molar-refractivity contribution >= 4 is 27.7 Å². The normalized spacial score (nSPS) is 17.9. The van der Waals surface area contributed by atoms with Crippen molar-refractivity contribution in [1.29, 1.82) is 0 Å². The molecule has 1 N–H and O–H groups in total. The Kier molecular flexibility index (Phi) is 7.55. The van der Waals surface area contributed by atoms with E-state index in [4.69, 9.17) is 0 Å². The molecular formula is C17H25BrFNS. The van der Waals surface area contributed by atoms with E-state index in [1.165, 1.54) is 37.7 Å². The van der Waals surface area contributed by atoms with Gasteiger partial charge in [0.15, 0.2) is 0 Å². The Morgan fingerprint density at radius 1 is 1.33 bits per heavy atom. The molecule has 0 amide bonds. The van der Waals surface area contributed by atoms with Crippen LogP contribution in [0.5, 0.6) is 0 Å². The van der Waals surface area contributed by atoms with Gasteiger partial charge in [-0.05, 0) is 43.5 Å². The van der Waals surface area contributed by atoms with Crippen LogP contribution in [0, 0.1) is 5.82 Å². The van der Waals surface area contributed by atoms with Crippen LogP contribution in [0.3, 0.4) is 0 Å². The molecule has 0 saturated heterocycles. The van der Waals surface area contributed by atoms with Crippen LogP contribution in [0.1, 0.15) is 44.6 Å². The standard InChI is InChI=1S/C17H25BrFNS/c1-2-20-15(12-21-16-6-4-3-5-7-16)10-13-8-9-14(19)11-17(13)18/h8-9,11,15-16,20H,2-7,10,12H2,1H3. The molecule has 0 radical (unpaired) electrons. The van der Waals surface area contributed by atoms with E-state index in [0.29, 0.717) is 6.04 Å². The minimum absolute atomic E-state index is 0.179. The van der Waals surface area contributed by atoms with E-state index in [2.05, 4.69) is 39.9 Å². The summed E-state index contributed by atoms with van der Waals surface area (Å²) in [6.45, 7) is 3.13. The second kappa shape index (κ2) is 9.16. The molecule has 2 rings (SSSR count). The summed E-state index contributed by atoms with van der Waals surface area (Å²) in [6.07, 6.45) is 7.91. The van der Waals surface area contributed by atoms with Crippen molar-refractivity contribution in [2.45, 2.75) is 56.7 Å². The van der Waals surface area contributed by atoms with Crippen molar-refractivity contribution in [2.24, 2.45) is 0 Å². The average molecular weight is 374 g/mol. The van der Waals surface area contributed by atoms with Gasteiger partial charge in [0, 0.05) is 21.5 Å². The van der Waals surface area contributed by atoms with Crippen LogP contribution in [0.25, 0.3) is 0 Å². The molecule has 1 unspecified atom stereocenters. The molecule has 21 heavy (non-hydrogen) atoms. The molecule has 1 aliphatic rings. The quantitative estimate of drug-likeness (QED) is 0.706. The van der Waals surface area contributed by atoms with Gasteiger partial charge in [0.05, 0.1) is 0 Å². The van der Waals surface area contributed by atoms with E-state index in [0.717, 1.165) is 28.4 Å². The number of likely N-dealkylation sites (N-methyl/N-ethyl adjacent to an activating group) is 1. The van der Waals surface area contributed by atoms with Crippen LogP contribution in [0.2, 0.25) is 0 Å². The molecule has 1 atom stereocenters. The van der Waals surface area contributed by atoms with Crippen LogP contribution in [-0.2, 0) is 6.42 Å². The number of halogens is 2. The minimum Gasteiger partial charge on any atom is -0.313 e. The van der Waals surface area contributed by atoms with Gasteiger partial charge < -0.3 is 5.32 Å². The molecule has 1 aromatic carbocycles. The highest BCUT2D eigenvalue weighted by atomic mass is 79.9. The van der Waals surface area contributed by atoms with Gasteiger partial charge in [0.1, 0.15) is 5.82 Å². The van der Waals surface area contributed by atoms with E-state index in [-0.39, 0.29) is 5.82 Å². The fraction of sp³-hybridized carbons (Fsp3) is 0.647. The highest BCUT2D eigenvalue weighted by molar-refractivity contribution is 9.10. The lowest BCUT2D eigenvalue weighted by atomic mass is 10.0. The van der Waals surface area contributed by atoms with Gasteiger partial charge in [-0.3, -0.25) is 0 Å². The Morgan fingerprint density at radius 2 is 2.10 bits per heavy atom. The van der Waals surface area contributed by atoms with Crippen molar-refractivity contribution in [1.82, 2.24) is 5.32 Å². The Morgan fingerprint density at radius 3 is 2.76 bits per heavy atom. The first-order valence-electron chi connectivity index (χ1n) is 7.98. The molecule has 0 spiro atoms. The zero-order valence-electron chi connectivity index (χ0n) is 12.7. The maximum absolute atomic E-state index is 13.2. The molecule has 0 aliphatic heterocycles. The van der Waals surface area contributed by atoms with Crippen molar-refractivity contribution in [2.75, 3.05) is 12.3 Å². The van der Waals surface area contributed by atoms with Crippen molar-refractivity contribution in [3.8, 4) is 0 Å². The topological polar surface area (TPSA) is 12.0 Å². The first-order valence-corrected chi connectivity index (χ1v) is 9.82. The van der Waals surface area contributed by atoms with Crippen molar-refractivity contribution < 1.29 is 4.39 Å². The third-order valence-corrected chi connectivity index (χ3v) is 6.34. The van der Waals surface area contributed by atoms with Gasteiger partial charge >= 0.3 is 0 Å². The van der Waals surface area contributed by atoms with Crippen LogP contribution in [-0.4, -0.2) is 23.6 Å². The lowest BCUT2D eigenvalue weighted by Crippen LogP contribution is -2.34. The molecule has 1 fully saturated rings. The monoisotopic (exact) mass is 373 g/mol. The van der Waals surface area contributed by atoms with Gasteiger partial charge in [-0.15, -0.1) is 0 Å². The minimum atomic E-state index is -0.179. The van der Waals surface area contributed by atoms with E-state index < -0.39 is 0 Å². The third kappa shape index (κ3) is 5.91. The van der Waals surface area contributed by atoms with E-state index in [1.807, 2.05) is 6.07 Å². The summed E-state index contributed by atoms with van der Waals surface area (Å²) in [5.41, 5.74) is 1.19. The highest BCUT2D eigenvalue weighted by Crippen LogP contribution is 2.29. The van der Waals surface area contributed by atoms with Crippen LogP contribution in [0.4, 0.5) is 4.39 Å². The third-order valence-electron chi connectivity index (χ3n) is 4.06. The Balaban J connectivity index is 1.88. The second-order valence-electron chi connectivity index (χ2n) is 5.79.